The predicted octanol–water partition coefficient (Wildman–Crippen LogP) is 0.356. The highest BCUT2D eigenvalue weighted by Gasteiger charge is 2.28. The summed E-state index contributed by atoms with van der Waals surface area (Å²) in [6.07, 6.45) is 0.597. The summed E-state index contributed by atoms with van der Waals surface area (Å²) in [5.41, 5.74) is 0. The highest BCUT2D eigenvalue weighted by molar-refractivity contribution is 7.91. The number of nitrogens with one attached hydrogen (secondary N) is 1. The molecule has 1 atom stereocenters. The van der Waals surface area contributed by atoms with Crippen LogP contribution < -0.4 is 5.32 Å². The average molecular weight is 296 g/mol. The number of hydrogen-bond donors (Lipinski definition) is 1. The van der Waals surface area contributed by atoms with Gasteiger partial charge in [0.15, 0.2) is 9.84 Å². The zero-order valence-corrected chi connectivity index (χ0v) is 11.1. The smallest absolute Gasteiger partial charge is 0.282 e. The first-order chi connectivity index (χ1) is 7.96. The number of halogens is 1. The van der Waals surface area contributed by atoms with Crippen LogP contribution in [-0.4, -0.2) is 42.6 Å². The molecule has 1 aliphatic rings. The van der Waals surface area contributed by atoms with Crippen LogP contribution in [0.1, 0.15) is 16.2 Å². The molecule has 2 rings (SSSR count). The fraction of sp³-hybridized carbons (Fsp3) is 0.625. The van der Waals surface area contributed by atoms with Crippen molar-refractivity contribution in [3.63, 3.8) is 0 Å². The molecule has 1 unspecified atom stereocenters. The molecule has 1 aromatic heterocycles. The number of hydrogen-bond acceptors (Lipinski definition) is 6. The maximum absolute atomic E-state index is 11.6. The standard InChI is InChI=1S/C8H10ClN3O3S2/c9-8-12-11-7(16-8)6(13)10-3-5-1-2-17(14,15)4-5/h5H,1-4H2,(H,10,13). The van der Waals surface area contributed by atoms with Crippen LogP contribution in [0, 0.1) is 5.92 Å². The fourth-order valence-corrected chi connectivity index (χ4v) is 4.25. The summed E-state index contributed by atoms with van der Waals surface area (Å²) >= 11 is 6.55. The molecular formula is C8H10ClN3O3S2. The van der Waals surface area contributed by atoms with Crippen molar-refractivity contribution in [2.24, 2.45) is 5.92 Å². The van der Waals surface area contributed by atoms with E-state index in [2.05, 4.69) is 15.5 Å². The third-order valence-corrected chi connectivity index (χ3v) is 5.33. The van der Waals surface area contributed by atoms with Crippen LogP contribution in [-0.2, 0) is 9.84 Å². The Kier molecular flexibility index (Phi) is 3.64. The Labute approximate surface area is 107 Å². The van der Waals surface area contributed by atoms with E-state index in [0.717, 1.165) is 11.3 Å². The molecule has 0 aliphatic carbocycles. The number of aromatic nitrogens is 2. The van der Waals surface area contributed by atoms with E-state index in [1.54, 1.807) is 0 Å². The molecule has 1 aromatic rings. The van der Waals surface area contributed by atoms with Crippen LogP contribution in [0.25, 0.3) is 0 Å². The molecule has 2 heterocycles. The largest absolute Gasteiger partial charge is 0.350 e. The van der Waals surface area contributed by atoms with Gasteiger partial charge in [-0.3, -0.25) is 4.79 Å². The van der Waals surface area contributed by atoms with Gasteiger partial charge in [-0.25, -0.2) is 8.42 Å². The third kappa shape index (κ3) is 3.36. The van der Waals surface area contributed by atoms with Gasteiger partial charge in [0, 0.05) is 6.54 Å². The summed E-state index contributed by atoms with van der Waals surface area (Å²) in [7, 11) is -2.90. The molecule has 6 nitrogen and oxygen atoms in total. The molecular weight excluding hydrogens is 286 g/mol. The van der Waals surface area contributed by atoms with Gasteiger partial charge in [0.1, 0.15) is 0 Å². The van der Waals surface area contributed by atoms with E-state index in [-0.39, 0.29) is 32.8 Å². The van der Waals surface area contributed by atoms with E-state index >= 15 is 0 Å². The number of amides is 1. The van der Waals surface area contributed by atoms with E-state index in [1.165, 1.54) is 0 Å². The summed E-state index contributed by atoms with van der Waals surface area (Å²) in [6.45, 7) is 0.343. The summed E-state index contributed by atoms with van der Waals surface area (Å²) < 4.78 is 22.6. The van der Waals surface area contributed by atoms with E-state index in [9.17, 15) is 13.2 Å². The second-order valence-corrected chi connectivity index (χ2v) is 7.63. The molecule has 0 radical (unpaired) electrons. The minimum atomic E-state index is -2.90. The molecule has 1 aliphatic heterocycles. The quantitative estimate of drug-likeness (QED) is 0.869. The topological polar surface area (TPSA) is 89.0 Å². The lowest BCUT2D eigenvalue weighted by atomic mass is 10.1. The van der Waals surface area contributed by atoms with Gasteiger partial charge in [-0.05, 0) is 23.9 Å². The molecule has 1 N–H and O–H groups in total. The van der Waals surface area contributed by atoms with Crippen LogP contribution in [0.3, 0.4) is 0 Å². The van der Waals surface area contributed by atoms with Gasteiger partial charge in [0.25, 0.3) is 5.91 Å². The second-order valence-electron chi connectivity index (χ2n) is 3.84. The number of carbonyl (C=O) groups excluding carboxylic acids is 1. The van der Waals surface area contributed by atoms with E-state index in [1.807, 2.05) is 0 Å². The van der Waals surface area contributed by atoms with Crippen LogP contribution in [0.4, 0.5) is 0 Å². The maximum Gasteiger partial charge on any atom is 0.282 e. The highest BCUT2D eigenvalue weighted by Crippen LogP contribution is 2.18. The van der Waals surface area contributed by atoms with Crippen molar-refractivity contribution < 1.29 is 13.2 Å². The van der Waals surface area contributed by atoms with Gasteiger partial charge < -0.3 is 5.32 Å². The molecule has 17 heavy (non-hydrogen) atoms. The summed E-state index contributed by atoms with van der Waals surface area (Å²) in [5, 5.41) is 9.94. The van der Waals surface area contributed by atoms with Crippen molar-refractivity contribution in [3.05, 3.63) is 9.47 Å². The third-order valence-electron chi connectivity index (χ3n) is 2.47. The van der Waals surface area contributed by atoms with Crippen molar-refractivity contribution in [2.75, 3.05) is 18.1 Å². The van der Waals surface area contributed by atoms with Gasteiger partial charge >= 0.3 is 0 Å². The minimum Gasteiger partial charge on any atom is -0.350 e. The molecule has 0 spiro atoms. The molecule has 0 bridgehead atoms. The summed E-state index contributed by atoms with van der Waals surface area (Å²) in [6, 6.07) is 0. The van der Waals surface area contributed by atoms with Crippen molar-refractivity contribution in [3.8, 4) is 0 Å². The first kappa shape index (κ1) is 12.7. The second kappa shape index (κ2) is 4.87. The molecule has 1 amide bonds. The zero-order valence-electron chi connectivity index (χ0n) is 8.72. The Morgan fingerprint density at radius 2 is 2.29 bits per heavy atom. The molecule has 0 aromatic carbocycles. The Morgan fingerprint density at radius 3 is 2.82 bits per heavy atom. The van der Waals surface area contributed by atoms with Crippen molar-refractivity contribution in [1.29, 1.82) is 0 Å². The number of carbonyl (C=O) groups is 1. The molecule has 9 heteroatoms. The zero-order chi connectivity index (χ0) is 12.5. The van der Waals surface area contributed by atoms with Crippen LogP contribution in [0.15, 0.2) is 0 Å². The first-order valence-corrected chi connectivity index (χ1v) is 7.95. The Hall–Kier alpha value is -0.730. The molecule has 1 saturated heterocycles. The van der Waals surface area contributed by atoms with Crippen LogP contribution in [0.2, 0.25) is 4.47 Å². The monoisotopic (exact) mass is 295 g/mol. The van der Waals surface area contributed by atoms with Gasteiger partial charge in [0.05, 0.1) is 11.5 Å². The van der Waals surface area contributed by atoms with E-state index in [0.29, 0.717) is 13.0 Å². The highest BCUT2D eigenvalue weighted by atomic mass is 35.5. The summed E-state index contributed by atoms with van der Waals surface area (Å²) in [4.78, 5) is 11.6. The Morgan fingerprint density at radius 1 is 1.53 bits per heavy atom. The van der Waals surface area contributed by atoms with Crippen molar-refractivity contribution in [2.45, 2.75) is 6.42 Å². The fourth-order valence-electron chi connectivity index (χ4n) is 1.64. The van der Waals surface area contributed by atoms with Crippen LogP contribution >= 0.6 is 22.9 Å². The maximum atomic E-state index is 11.6. The van der Waals surface area contributed by atoms with Crippen molar-refractivity contribution in [1.82, 2.24) is 15.5 Å². The van der Waals surface area contributed by atoms with Gasteiger partial charge in [-0.2, -0.15) is 0 Å². The molecule has 94 valence electrons. The lowest BCUT2D eigenvalue weighted by molar-refractivity contribution is 0.0947. The van der Waals surface area contributed by atoms with E-state index < -0.39 is 9.84 Å². The van der Waals surface area contributed by atoms with Gasteiger partial charge in [-0.15, -0.1) is 10.2 Å². The average Bonchev–Trinajstić information content (AvgIpc) is 2.81. The van der Waals surface area contributed by atoms with Gasteiger partial charge in [-0.1, -0.05) is 11.3 Å². The predicted molar refractivity (Wildman–Crippen MR) is 64.0 cm³/mol. The van der Waals surface area contributed by atoms with Crippen molar-refractivity contribution >= 4 is 38.7 Å². The lowest BCUT2D eigenvalue weighted by Gasteiger charge is -2.07. The molecule has 1 fully saturated rings. The Bertz CT molecular complexity index is 528. The number of rotatable bonds is 3. The van der Waals surface area contributed by atoms with Gasteiger partial charge in [0.2, 0.25) is 9.47 Å². The first-order valence-electron chi connectivity index (χ1n) is 4.94. The SMILES string of the molecule is O=C(NCC1CCS(=O)(=O)C1)c1nnc(Cl)s1. The van der Waals surface area contributed by atoms with Crippen LogP contribution in [0.5, 0.6) is 0 Å². The number of nitrogens with zero attached hydrogens (tertiary/aromatic N) is 2. The van der Waals surface area contributed by atoms with E-state index in [4.69, 9.17) is 11.6 Å². The lowest BCUT2D eigenvalue weighted by Crippen LogP contribution is -2.29. The summed E-state index contributed by atoms with van der Waals surface area (Å²) in [5.74, 6) is -0.0199. The normalized spacial score (nSPS) is 22.5. The number of sulfone groups is 1. The minimum absolute atomic E-state index is 0.00709. The Balaban J connectivity index is 1.85. The molecule has 0 saturated carbocycles.